The number of aryl methyl sites for hydroxylation is 1. The van der Waals surface area contributed by atoms with E-state index in [0.717, 1.165) is 13.1 Å². The number of nitrogens with one attached hydrogen (secondary N) is 1. The van der Waals surface area contributed by atoms with Crippen LogP contribution >= 0.6 is 0 Å². The third-order valence-corrected chi connectivity index (χ3v) is 6.77. The van der Waals surface area contributed by atoms with Crippen LogP contribution in [-0.2, 0) is 10.0 Å². The average molecular weight is 436 g/mol. The van der Waals surface area contributed by atoms with Gasteiger partial charge in [-0.25, -0.2) is 8.42 Å². The van der Waals surface area contributed by atoms with Crippen LogP contribution in [0.15, 0.2) is 83.8 Å². The van der Waals surface area contributed by atoms with Gasteiger partial charge in [-0.15, -0.1) is 0 Å². The maximum atomic E-state index is 12.9. The summed E-state index contributed by atoms with van der Waals surface area (Å²) in [7, 11) is -3.65. The summed E-state index contributed by atoms with van der Waals surface area (Å²) >= 11 is 0. The van der Waals surface area contributed by atoms with E-state index in [2.05, 4.69) is 40.8 Å². The Morgan fingerprint density at radius 1 is 0.839 bits per heavy atom. The van der Waals surface area contributed by atoms with E-state index < -0.39 is 10.0 Å². The van der Waals surface area contributed by atoms with E-state index in [1.165, 1.54) is 23.4 Å². The molecule has 0 unspecified atom stereocenters. The number of anilines is 2. The number of nitrogens with zero attached hydrogens (tertiary/aromatic N) is 2. The Labute approximate surface area is 183 Å². The number of rotatable bonds is 5. The van der Waals surface area contributed by atoms with Crippen LogP contribution in [0.4, 0.5) is 11.4 Å². The number of benzene rings is 3. The molecule has 1 fully saturated rings. The lowest BCUT2D eigenvalue weighted by Gasteiger charge is -2.36. The molecule has 1 aliphatic rings. The smallest absolute Gasteiger partial charge is 0.261 e. The van der Waals surface area contributed by atoms with Crippen LogP contribution in [0.1, 0.15) is 15.9 Å². The maximum Gasteiger partial charge on any atom is 0.261 e. The number of piperazine rings is 1. The van der Waals surface area contributed by atoms with E-state index >= 15 is 0 Å². The standard InChI is InChI=1S/C24H25N3O3S/c1-19-6-5-7-22(18-19)26-14-16-27(17-15-26)24(28)20-10-12-21(13-11-20)25-31(29,30)23-8-3-2-4-9-23/h2-13,18,25H,14-17H2,1H3. The predicted molar refractivity (Wildman–Crippen MR) is 123 cm³/mol. The first-order valence-corrected chi connectivity index (χ1v) is 11.7. The van der Waals surface area contributed by atoms with Crippen LogP contribution in [-0.4, -0.2) is 45.4 Å². The van der Waals surface area contributed by atoms with Crippen molar-refractivity contribution in [2.75, 3.05) is 35.8 Å². The molecule has 1 N–H and O–H groups in total. The number of hydrogen-bond acceptors (Lipinski definition) is 4. The molecular formula is C24H25N3O3S. The molecule has 4 rings (SSSR count). The second-order valence-electron chi connectivity index (χ2n) is 7.61. The highest BCUT2D eigenvalue weighted by atomic mass is 32.2. The van der Waals surface area contributed by atoms with Crippen LogP contribution in [0.2, 0.25) is 0 Å². The lowest BCUT2D eigenvalue weighted by molar-refractivity contribution is 0.0747. The number of sulfonamides is 1. The van der Waals surface area contributed by atoms with Crippen molar-refractivity contribution in [3.63, 3.8) is 0 Å². The first kappa shape index (κ1) is 20.9. The van der Waals surface area contributed by atoms with Gasteiger partial charge in [0.15, 0.2) is 0 Å². The van der Waals surface area contributed by atoms with Crippen LogP contribution < -0.4 is 9.62 Å². The van der Waals surface area contributed by atoms with Gasteiger partial charge in [0.25, 0.3) is 15.9 Å². The fourth-order valence-corrected chi connectivity index (χ4v) is 4.75. The predicted octanol–water partition coefficient (Wildman–Crippen LogP) is 3.76. The zero-order valence-electron chi connectivity index (χ0n) is 17.4. The fraction of sp³-hybridized carbons (Fsp3) is 0.208. The number of carbonyl (C=O) groups excluding carboxylic acids is 1. The van der Waals surface area contributed by atoms with E-state index in [9.17, 15) is 13.2 Å². The van der Waals surface area contributed by atoms with E-state index in [0.29, 0.717) is 24.3 Å². The maximum absolute atomic E-state index is 12.9. The van der Waals surface area contributed by atoms with Gasteiger partial charge in [0.2, 0.25) is 0 Å². The molecule has 0 spiro atoms. The van der Waals surface area contributed by atoms with Crippen molar-refractivity contribution in [2.24, 2.45) is 0 Å². The normalized spacial score (nSPS) is 14.4. The van der Waals surface area contributed by atoms with Gasteiger partial charge in [0.1, 0.15) is 0 Å². The second kappa shape index (κ2) is 8.81. The molecule has 0 atom stereocenters. The molecule has 0 saturated carbocycles. The summed E-state index contributed by atoms with van der Waals surface area (Å²) in [4.78, 5) is 17.2. The Bertz CT molecular complexity index is 1150. The molecule has 6 nitrogen and oxygen atoms in total. The first-order valence-electron chi connectivity index (χ1n) is 10.2. The molecule has 1 saturated heterocycles. The summed E-state index contributed by atoms with van der Waals surface area (Å²) in [6, 6.07) is 23.1. The van der Waals surface area contributed by atoms with Crippen molar-refractivity contribution in [1.29, 1.82) is 0 Å². The molecule has 3 aromatic carbocycles. The highest BCUT2D eigenvalue weighted by molar-refractivity contribution is 7.92. The van der Waals surface area contributed by atoms with Gasteiger partial charge in [-0.1, -0.05) is 30.3 Å². The fourth-order valence-electron chi connectivity index (χ4n) is 3.67. The molecule has 0 radical (unpaired) electrons. The summed E-state index contributed by atoms with van der Waals surface area (Å²) in [6.45, 7) is 4.94. The molecule has 160 valence electrons. The summed E-state index contributed by atoms with van der Waals surface area (Å²) in [5.74, 6) is -0.0404. The molecule has 0 aromatic heterocycles. The van der Waals surface area contributed by atoms with Gasteiger partial charge in [-0.05, 0) is 61.0 Å². The lowest BCUT2D eigenvalue weighted by Crippen LogP contribution is -2.48. The quantitative estimate of drug-likeness (QED) is 0.663. The molecule has 0 aliphatic carbocycles. The van der Waals surface area contributed by atoms with Crippen LogP contribution in [0.5, 0.6) is 0 Å². The Morgan fingerprint density at radius 3 is 2.16 bits per heavy atom. The van der Waals surface area contributed by atoms with E-state index in [-0.39, 0.29) is 10.8 Å². The second-order valence-corrected chi connectivity index (χ2v) is 9.30. The van der Waals surface area contributed by atoms with Crippen LogP contribution in [0.25, 0.3) is 0 Å². The lowest BCUT2D eigenvalue weighted by atomic mass is 10.1. The molecule has 1 amide bonds. The Balaban J connectivity index is 1.38. The van der Waals surface area contributed by atoms with Crippen molar-refractivity contribution in [2.45, 2.75) is 11.8 Å². The zero-order valence-corrected chi connectivity index (χ0v) is 18.2. The zero-order chi connectivity index (χ0) is 21.8. The number of hydrogen-bond donors (Lipinski definition) is 1. The highest BCUT2D eigenvalue weighted by Gasteiger charge is 2.22. The largest absolute Gasteiger partial charge is 0.368 e. The highest BCUT2D eigenvalue weighted by Crippen LogP contribution is 2.20. The van der Waals surface area contributed by atoms with Gasteiger partial charge >= 0.3 is 0 Å². The monoisotopic (exact) mass is 435 g/mol. The number of carbonyl (C=O) groups is 1. The first-order chi connectivity index (χ1) is 14.9. The minimum atomic E-state index is -3.65. The van der Waals surface area contributed by atoms with E-state index in [1.54, 1.807) is 42.5 Å². The summed E-state index contributed by atoms with van der Waals surface area (Å²) in [5, 5.41) is 0. The van der Waals surface area contributed by atoms with Crippen molar-refractivity contribution >= 4 is 27.3 Å². The van der Waals surface area contributed by atoms with Crippen LogP contribution in [0, 0.1) is 6.92 Å². The van der Waals surface area contributed by atoms with Crippen molar-refractivity contribution in [3.05, 3.63) is 90.0 Å². The topological polar surface area (TPSA) is 69.7 Å². The molecule has 3 aromatic rings. The molecule has 0 bridgehead atoms. The van der Waals surface area contributed by atoms with Gasteiger partial charge in [-0.2, -0.15) is 0 Å². The van der Waals surface area contributed by atoms with E-state index in [1.807, 2.05) is 4.90 Å². The minimum Gasteiger partial charge on any atom is -0.368 e. The van der Waals surface area contributed by atoms with Crippen molar-refractivity contribution < 1.29 is 13.2 Å². The Hall–Kier alpha value is -3.32. The summed E-state index contributed by atoms with van der Waals surface area (Å²) < 4.78 is 27.4. The summed E-state index contributed by atoms with van der Waals surface area (Å²) in [5.41, 5.74) is 3.37. The third-order valence-electron chi connectivity index (χ3n) is 5.37. The van der Waals surface area contributed by atoms with Gasteiger partial charge in [-0.3, -0.25) is 9.52 Å². The molecule has 1 aliphatic heterocycles. The SMILES string of the molecule is Cc1cccc(N2CCN(C(=O)c3ccc(NS(=O)(=O)c4ccccc4)cc3)CC2)c1. The molecule has 31 heavy (non-hydrogen) atoms. The minimum absolute atomic E-state index is 0.0404. The van der Waals surface area contributed by atoms with Crippen molar-refractivity contribution in [3.8, 4) is 0 Å². The van der Waals surface area contributed by atoms with E-state index in [4.69, 9.17) is 0 Å². The molecular weight excluding hydrogens is 410 g/mol. The Morgan fingerprint density at radius 2 is 1.52 bits per heavy atom. The summed E-state index contributed by atoms with van der Waals surface area (Å²) in [6.07, 6.45) is 0. The van der Waals surface area contributed by atoms with Gasteiger partial charge in [0, 0.05) is 43.1 Å². The van der Waals surface area contributed by atoms with Gasteiger partial charge < -0.3 is 9.80 Å². The van der Waals surface area contributed by atoms with Gasteiger partial charge in [0.05, 0.1) is 4.90 Å². The molecule has 7 heteroatoms. The third kappa shape index (κ3) is 4.88. The number of amides is 1. The van der Waals surface area contributed by atoms with Crippen molar-refractivity contribution in [1.82, 2.24) is 4.90 Å². The Kier molecular flexibility index (Phi) is 5.95. The average Bonchev–Trinajstić information content (AvgIpc) is 2.80. The van der Waals surface area contributed by atoms with Crippen LogP contribution in [0.3, 0.4) is 0 Å². The molecule has 1 heterocycles.